The van der Waals surface area contributed by atoms with Crippen molar-refractivity contribution >= 4 is 0 Å². The Kier molecular flexibility index (Phi) is 0.0633. The van der Waals surface area contributed by atoms with Gasteiger partial charge in [0.15, 0.2) is 0 Å². The largest absolute Gasteiger partial charge is 0.328 e. The van der Waals surface area contributed by atoms with Crippen molar-refractivity contribution in [2.75, 3.05) is 0 Å². The molecule has 0 aromatic heterocycles. The molecule has 0 radical (unpaired) electrons. The molecule has 0 aromatic carbocycles. The molecule has 1 fully saturated rings. The van der Waals surface area contributed by atoms with E-state index in [9.17, 15) is 0 Å². The van der Waals surface area contributed by atoms with Gasteiger partial charge in [0.05, 0.1) is 0 Å². The van der Waals surface area contributed by atoms with Crippen LogP contribution in [0.25, 0.3) is 0 Å². The summed E-state index contributed by atoms with van der Waals surface area (Å²) in [5.41, 5.74) is 5.03. The van der Waals surface area contributed by atoms with Crippen LogP contribution in [-0.2, 0) is 0 Å². The lowest BCUT2D eigenvalue weighted by molar-refractivity contribution is 1.07. The molecule has 0 spiro atoms. The van der Waals surface area contributed by atoms with Gasteiger partial charge in [0.25, 0.3) is 0 Å². The van der Waals surface area contributed by atoms with Crippen LogP contribution in [-0.4, -0.2) is 6.04 Å². The van der Waals surface area contributed by atoms with Gasteiger partial charge in [0.1, 0.15) is 0 Å². The lowest BCUT2D eigenvalue weighted by Crippen LogP contribution is -1.94. The normalized spacial score (nSPS) is 66.2. The molecule has 24 valence electrons. The van der Waals surface area contributed by atoms with Gasteiger partial charge < -0.3 is 5.73 Å². The lowest BCUT2D eigenvalue weighted by atomic mass is 10.8. The Morgan fingerprint density at radius 3 is 2.25 bits per heavy atom. The minimum Gasteiger partial charge on any atom is -0.328 e. The molecule has 1 nitrogen and oxygen atoms in total. The lowest BCUT2D eigenvalue weighted by Gasteiger charge is -1.58. The summed E-state index contributed by atoms with van der Waals surface area (Å²) in [6.07, 6.45) is -3.57. The van der Waals surface area contributed by atoms with E-state index in [-0.39, 0.29) is 0 Å². The first-order valence-corrected chi connectivity index (χ1v) is 1.16. The van der Waals surface area contributed by atoms with E-state index in [1.807, 2.05) is 0 Å². The summed E-state index contributed by atoms with van der Waals surface area (Å²) in [6, 6.07) is -0.921. The fourth-order valence-electron chi connectivity index (χ4n) is 0.0481. The van der Waals surface area contributed by atoms with Gasteiger partial charge in [-0.25, -0.2) is 0 Å². The summed E-state index contributed by atoms with van der Waals surface area (Å²) in [6.45, 7) is 0. The number of hydrogen-bond acceptors (Lipinski definition) is 1. The van der Waals surface area contributed by atoms with Crippen LogP contribution in [0.3, 0.4) is 0 Å². The second kappa shape index (κ2) is 0.462. The van der Waals surface area contributed by atoms with Crippen LogP contribution >= 0.6 is 0 Å². The number of rotatable bonds is 0. The molecule has 0 bridgehead atoms. The molecule has 1 saturated carbocycles. The van der Waals surface area contributed by atoms with Gasteiger partial charge in [-0.05, 0) is 12.7 Å². The molecule has 0 unspecified atom stereocenters. The zero-order chi connectivity index (χ0) is 6.58. The summed E-state index contributed by atoms with van der Waals surface area (Å²) in [7, 11) is 0. The monoisotopic (exact) mass is 61.1 g/mol. The summed E-state index contributed by atoms with van der Waals surface area (Å²) >= 11 is 0. The van der Waals surface area contributed by atoms with Crippen molar-refractivity contribution in [1.82, 2.24) is 0 Å². The van der Waals surface area contributed by atoms with Crippen molar-refractivity contribution < 1.29 is 5.48 Å². The predicted octanol–water partition coefficient (Wildman–Crippen LogP) is 0.108. The van der Waals surface area contributed by atoms with E-state index in [0.717, 1.165) is 0 Å². The van der Waals surface area contributed by atoms with Crippen molar-refractivity contribution in [2.45, 2.75) is 18.8 Å². The predicted molar refractivity (Wildman–Crippen MR) is 17.2 cm³/mol. The molecule has 4 heavy (non-hydrogen) atoms. The standard InChI is InChI=1S/C3H7N/c4-3-1-2-3/h3H,1-2,4H2/i1D2,2D2. The third kappa shape index (κ3) is 0.206. The SMILES string of the molecule is [2H]C1([2H])C(N)C1([2H])[2H]. The highest BCUT2D eigenvalue weighted by molar-refractivity contribution is 4.75. The minimum atomic E-state index is -1.78. The summed E-state index contributed by atoms with van der Waals surface area (Å²) < 4.78 is 27.3. The van der Waals surface area contributed by atoms with Crippen LogP contribution in [0.2, 0.25) is 0 Å². The molecule has 0 amide bonds. The Hall–Kier alpha value is -0.0400. The van der Waals surface area contributed by atoms with E-state index < -0.39 is 18.8 Å². The van der Waals surface area contributed by atoms with E-state index in [2.05, 4.69) is 0 Å². The van der Waals surface area contributed by atoms with Crippen LogP contribution in [0.4, 0.5) is 0 Å². The van der Waals surface area contributed by atoms with E-state index in [1.54, 1.807) is 0 Å². The maximum absolute atomic E-state index is 6.82. The maximum atomic E-state index is 6.82. The highest BCUT2D eigenvalue weighted by Crippen LogP contribution is 2.13. The fourth-order valence-corrected chi connectivity index (χ4v) is 0.0481. The second-order valence-corrected chi connectivity index (χ2v) is 0.766. The van der Waals surface area contributed by atoms with Crippen molar-refractivity contribution in [3.05, 3.63) is 0 Å². The number of nitrogens with two attached hydrogens (primary N) is 1. The molecule has 0 aliphatic heterocycles. The van der Waals surface area contributed by atoms with Crippen LogP contribution in [0.1, 0.15) is 18.2 Å². The Morgan fingerprint density at radius 2 is 2.25 bits per heavy atom. The van der Waals surface area contributed by atoms with Crippen molar-refractivity contribution in [3.63, 3.8) is 0 Å². The third-order valence-corrected chi connectivity index (χ3v) is 0.311. The Morgan fingerprint density at radius 1 is 2.00 bits per heavy atom. The molecule has 1 rings (SSSR count). The van der Waals surface area contributed by atoms with E-state index >= 15 is 0 Å². The molecular weight excluding hydrogens is 50.0 g/mol. The van der Waals surface area contributed by atoms with E-state index in [4.69, 9.17) is 11.2 Å². The molecule has 1 aliphatic carbocycles. The summed E-state index contributed by atoms with van der Waals surface area (Å²) in [5, 5.41) is 0. The Labute approximate surface area is 31.4 Å². The van der Waals surface area contributed by atoms with E-state index in [1.165, 1.54) is 0 Å². The fraction of sp³-hybridized carbons (Fsp3) is 1.00. The Bertz CT molecular complexity index is 106. The van der Waals surface area contributed by atoms with Crippen LogP contribution < -0.4 is 5.73 Å². The van der Waals surface area contributed by atoms with E-state index in [0.29, 0.717) is 0 Å². The van der Waals surface area contributed by atoms with Gasteiger partial charge in [-0.3, -0.25) is 0 Å². The van der Waals surface area contributed by atoms with Gasteiger partial charge in [-0.2, -0.15) is 0 Å². The highest BCUT2D eigenvalue weighted by atomic mass is 14.7. The molecule has 0 heterocycles. The summed E-state index contributed by atoms with van der Waals surface area (Å²) in [5.74, 6) is 0. The first kappa shape index (κ1) is 0.548. The highest BCUT2D eigenvalue weighted by Gasteiger charge is 2.13. The average Bonchev–Trinajstić information content (AvgIpc) is 1.88. The minimum absolute atomic E-state index is 0.921. The maximum Gasteiger partial charge on any atom is 0.0283 e. The Balaban J connectivity index is 2.72. The summed E-state index contributed by atoms with van der Waals surface area (Å²) in [4.78, 5) is 0. The first-order chi connectivity index (χ1) is 3.40. The molecule has 1 heteroatoms. The molecule has 1 aliphatic rings. The quantitative estimate of drug-likeness (QED) is 0.422. The molecule has 0 saturated heterocycles. The van der Waals surface area contributed by atoms with Gasteiger partial charge in [0, 0.05) is 11.5 Å². The smallest absolute Gasteiger partial charge is 0.0283 e. The molecule has 0 atom stereocenters. The van der Waals surface area contributed by atoms with Crippen molar-refractivity contribution in [3.8, 4) is 0 Å². The van der Waals surface area contributed by atoms with Gasteiger partial charge in [0.2, 0.25) is 0 Å². The molecular formula is C3H7N. The van der Waals surface area contributed by atoms with Gasteiger partial charge in [-0.1, -0.05) is 0 Å². The van der Waals surface area contributed by atoms with Crippen LogP contribution in [0.15, 0.2) is 0 Å². The zero-order valence-electron chi connectivity index (χ0n) is 6.15. The van der Waals surface area contributed by atoms with Crippen molar-refractivity contribution in [1.29, 1.82) is 0 Å². The zero-order valence-corrected chi connectivity index (χ0v) is 2.15. The second-order valence-electron chi connectivity index (χ2n) is 0.766. The van der Waals surface area contributed by atoms with Gasteiger partial charge >= 0.3 is 0 Å². The first-order valence-electron chi connectivity index (χ1n) is 3.16. The third-order valence-electron chi connectivity index (χ3n) is 0.311. The number of hydrogen-bond donors (Lipinski definition) is 1. The topological polar surface area (TPSA) is 26.0 Å². The average molecular weight is 61.1 g/mol. The molecule has 2 N–H and O–H groups in total. The molecule has 0 aromatic rings. The van der Waals surface area contributed by atoms with Gasteiger partial charge in [-0.15, -0.1) is 0 Å². The van der Waals surface area contributed by atoms with Crippen LogP contribution in [0.5, 0.6) is 0 Å². The van der Waals surface area contributed by atoms with Crippen molar-refractivity contribution in [2.24, 2.45) is 5.73 Å². The van der Waals surface area contributed by atoms with Crippen LogP contribution in [0, 0.1) is 0 Å².